The Bertz CT molecular complexity index is 676. The van der Waals surface area contributed by atoms with E-state index in [1.165, 1.54) is 22.9 Å². The number of sulfonamides is 1. The summed E-state index contributed by atoms with van der Waals surface area (Å²) in [5.41, 5.74) is -0.0399. The lowest BCUT2D eigenvalue weighted by molar-refractivity contribution is -0.133. The number of methoxy groups -OCH3 is 1. The molecule has 2 heterocycles. The van der Waals surface area contributed by atoms with E-state index in [2.05, 4.69) is 0 Å². The highest BCUT2D eigenvalue weighted by Crippen LogP contribution is 2.25. The van der Waals surface area contributed by atoms with Crippen molar-refractivity contribution >= 4 is 33.2 Å². The van der Waals surface area contributed by atoms with Gasteiger partial charge in [-0.1, -0.05) is 0 Å². The summed E-state index contributed by atoms with van der Waals surface area (Å²) < 4.78 is 31.1. The monoisotopic (exact) mass is 362 g/mol. The van der Waals surface area contributed by atoms with Crippen LogP contribution in [0.15, 0.2) is 15.7 Å². The van der Waals surface area contributed by atoms with Crippen molar-refractivity contribution in [2.75, 3.05) is 39.9 Å². The maximum atomic E-state index is 12.5. The molecule has 0 unspecified atom stereocenters. The fourth-order valence-corrected chi connectivity index (χ4v) is 4.94. The van der Waals surface area contributed by atoms with Gasteiger partial charge in [0, 0.05) is 38.7 Å². The predicted molar refractivity (Wildman–Crippen MR) is 83.1 cm³/mol. The zero-order valence-corrected chi connectivity index (χ0v) is 14.2. The van der Waals surface area contributed by atoms with Gasteiger partial charge in [0.05, 0.1) is 18.6 Å². The molecule has 0 aliphatic carbocycles. The Morgan fingerprint density at radius 3 is 2.48 bits per heavy atom. The Morgan fingerprint density at radius 1 is 1.30 bits per heavy atom. The van der Waals surface area contributed by atoms with Gasteiger partial charge in [0.2, 0.25) is 5.91 Å². The van der Waals surface area contributed by atoms with Crippen molar-refractivity contribution < 1.29 is 27.9 Å². The van der Waals surface area contributed by atoms with Gasteiger partial charge in [0.25, 0.3) is 10.0 Å². The summed E-state index contributed by atoms with van der Waals surface area (Å²) in [6.45, 7) is 1.37. The molecule has 1 saturated heterocycles. The maximum Gasteiger partial charge on any atom is 0.336 e. The number of nitrogens with zero attached hydrogens (tertiary/aromatic N) is 2. The quantitative estimate of drug-likeness (QED) is 0.781. The molecule has 0 atom stereocenters. The Labute approximate surface area is 138 Å². The molecule has 128 valence electrons. The second-order valence-electron chi connectivity index (χ2n) is 4.99. The molecule has 23 heavy (non-hydrogen) atoms. The first-order valence-electron chi connectivity index (χ1n) is 6.95. The topological polar surface area (TPSA) is 104 Å². The van der Waals surface area contributed by atoms with Gasteiger partial charge in [-0.05, 0) is 6.07 Å². The van der Waals surface area contributed by atoms with Gasteiger partial charge < -0.3 is 14.7 Å². The van der Waals surface area contributed by atoms with Crippen LogP contribution in [0.1, 0.15) is 16.8 Å². The largest absolute Gasteiger partial charge is 0.478 e. The number of ether oxygens (including phenoxy) is 1. The molecule has 1 amide bonds. The van der Waals surface area contributed by atoms with Crippen molar-refractivity contribution in [1.82, 2.24) is 9.21 Å². The molecule has 1 aliphatic rings. The van der Waals surface area contributed by atoms with Crippen LogP contribution >= 0.6 is 11.3 Å². The minimum atomic E-state index is -3.71. The Morgan fingerprint density at radius 2 is 1.96 bits per heavy atom. The number of hydrogen-bond acceptors (Lipinski definition) is 6. The van der Waals surface area contributed by atoms with Crippen LogP contribution in [-0.4, -0.2) is 74.5 Å². The highest BCUT2D eigenvalue weighted by atomic mass is 32.2. The number of amides is 1. The first-order chi connectivity index (χ1) is 10.9. The van der Waals surface area contributed by atoms with Gasteiger partial charge in [0.1, 0.15) is 4.21 Å². The molecule has 10 heteroatoms. The van der Waals surface area contributed by atoms with Crippen molar-refractivity contribution in [2.45, 2.75) is 10.6 Å². The first kappa shape index (κ1) is 17.9. The first-order valence-corrected chi connectivity index (χ1v) is 9.27. The van der Waals surface area contributed by atoms with Crippen LogP contribution in [0.5, 0.6) is 0 Å². The Balaban J connectivity index is 2.00. The highest BCUT2D eigenvalue weighted by molar-refractivity contribution is 7.91. The van der Waals surface area contributed by atoms with E-state index in [0.29, 0.717) is 19.7 Å². The van der Waals surface area contributed by atoms with Crippen molar-refractivity contribution in [1.29, 1.82) is 0 Å². The third-order valence-electron chi connectivity index (χ3n) is 3.53. The summed E-state index contributed by atoms with van der Waals surface area (Å²) in [7, 11) is -2.20. The van der Waals surface area contributed by atoms with Gasteiger partial charge in [-0.15, -0.1) is 11.3 Å². The van der Waals surface area contributed by atoms with Crippen LogP contribution in [0.2, 0.25) is 0 Å². The molecule has 1 fully saturated rings. The maximum absolute atomic E-state index is 12.5. The molecule has 0 radical (unpaired) electrons. The van der Waals surface area contributed by atoms with Gasteiger partial charge in [0.15, 0.2) is 0 Å². The normalized spacial score (nSPS) is 16.5. The van der Waals surface area contributed by atoms with E-state index >= 15 is 0 Å². The number of hydrogen-bond donors (Lipinski definition) is 1. The standard InChI is InChI=1S/C13H18N2O6S2/c1-21-7-2-11(16)14-3-5-15(6-4-14)23(19,20)12-8-10(9-22-12)13(17)18/h8-9H,2-7H2,1H3,(H,17,18). The lowest BCUT2D eigenvalue weighted by Gasteiger charge is -2.33. The molecular weight excluding hydrogens is 344 g/mol. The van der Waals surface area contributed by atoms with E-state index in [1.807, 2.05) is 0 Å². The summed E-state index contributed by atoms with van der Waals surface area (Å²) >= 11 is 0.889. The summed E-state index contributed by atoms with van der Waals surface area (Å²) in [6, 6.07) is 1.17. The second-order valence-corrected chi connectivity index (χ2v) is 8.06. The highest BCUT2D eigenvalue weighted by Gasteiger charge is 2.31. The van der Waals surface area contributed by atoms with Gasteiger partial charge in [-0.3, -0.25) is 4.79 Å². The van der Waals surface area contributed by atoms with Gasteiger partial charge in [-0.25, -0.2) is 13.2 Å². The van der Waals surface area contributed by atoms with Crippen LogP contribution < -0.4 is 0 Å². The number of carboxylic acid groups (broad SMARTS) is 1. The zero-order valence-electron chi connectivity index (χ0n) is 12.6. The molecule has 1 aromatic rings. The van der Waals surface area contributed by atoms with E-state index in [9.17, 15) is 18.0 Å². The van der Waals surface area contributed by atoms with Gasteiger partial charge >= 0.3 is 5.97 Å². The minimum absolute atomic E-state index is 0.00839. The van der Waals surface area contributed by atoms with Crippen LogP contribution in [-0.2, 0) is 19.6 Å². The molecule has 1 aliphatic heterocycles. The average molecular weight is 362 g/mol. The Hall–Kier alpha value is -1.49. The molecule has 0 spiro atoms. The molecule has 1 N–H and O–H groups in total. The van der Waals surface area contributed by atoms with Crippen molar-refractivity contribution in [3.63, 3.8) is 0 Å². The van der Waals surface area contributed by atoms with Crippen LogP contribution in [0.3, 0.4) is 0 Å². The molecule has 1 aromatic heterocycles. The smallest absolute Gasteiger partial charge is 0.336 e. The number of carbonyl (C=O) groups excluding carboxylic acids is 1. The summed E-state index contributed by atoms with van der Waals surface area (Å²) in [5, 5.41) is 10.2. The van der Waals surface area contributed by atoms with Crippen molar-refractivity contribution in [3.05, 3.63) is 17.0 Å². The number of aromatic carboxylic acids is 1. The number of carboxylic acids is 1. The van der Waals surface area contributed by atoms with E-state index in [1.54, 1.807) is 4.90 Å². The zero-order chi connectivity index (χ0) is 17.0. The summed E-state index contributed by atoms with van der Waals surface area (Å²) in [6.07, 6.45) is 0.274. The molecule has 0 saturated carbocycles. The van der Waals surface area contributed by atoms with Crippen LogP contribution in [0.25, 0.3) is 0 Å². The molecule has 0 aromatic carbocycles. The van der Waals surface area contributed by atoms with E-state index < -0.39 is 16.0 Å². The lowest BCUT2D eigenvalue weighted by Crippen LogP contribution is -2.50. The van der Waals surface area contributed by atoms with Crippen LogP contribution in [0.4, 0.5) is 0 Å². The van der Waals surface area contributed by atoms with E-state index in [0.717, 1.165) is 11.3 Å². The van der Waals surface area contributed by atoms with Crippen molar-refractivity contribution in [3.8, 4) is 0 Å². The number of piperazine rings is 1. The third kappa shape index (κ3) is 4.08. The molecule has 0 bridgehead atoms. The second kappa shape index (κ2) is 7.39. The fourth-order valence-electron chi connectivity index (χ4n) is 2.22. The summed E-state index contributed by atoms with van der Waals surface area (Å²) in [5.74, 6) is -1.22. The van der Waals surface area contributed by atoms with E-state index in [-0.39, 0.29) is 35.2 Å². The number of carbonyl (C=O) groups is 2. The SMILES string of the molecule is COCCC(=O)N1CCN(S(=O)(=O)c2cc(C(=O)O)cs2)CC1. The minimum Gasteiger partial charge on any atom is -0.478 e. The number of rotatable bonds is 6. The Kier molecular flexibility index (Phi) is 5.74. The van der Waals surface area contributed by atoms with Crippen LogP contribution in [0, 0.1) is 0 Å². The average Bonchev–Trinajstić information content (AvgIpc) is 3.03. The fraction of sp³-hybridized carbons (Fsp3) is 0.538. The third-order valence-corrected chi connectivity index (χ3v) is 6.84. The molecule has 2 rings (SSSR count). The number of thiophene rings is 1. The van der Waals surface area contributed by atoms with E-state index in [4.69, 9.17) is 9.84 Å². The van der Waals surface area contributed by atoms with Gasteiger partial charge in [-0.2, -0.15) is 4.31 Å². The summed E-state index contributed by atoms with van der Waals surface area (Å²) in [4.78, 5) is 24.4. The lowest BCUT2D eigenvalue weighted by atomic mass is 10.3. The molecule has 8 nitrogen and oxygen atoms in total. The van der Waals surface area contributed by atoms with Crippen molar-refractivity contribution in [2.24, 2.45) is 0 Å². The predicted octanol–water partition coefficient (Wildman–Crippen LogP) is 0.316. The molecular formula is C13H18N2O6S2.